The second-order valence-corrected chi connectivity index (χ2v) is 5.23. The Labute approximate surface area is 131 Å². The number of aryl methyl sites for hydroxylation is 1. The summed E-state index contributed by atoms with van der Waals surface area (Å²) in [5.41, 5.74) is 2.76. The number of amides is 1. The molecule has 0 fully saturated rings. The molecule has 7 nitrogen and oxygen atoms in total. The smallest absolute Gasteiger partial charge is 0.272 e. The van der Waals surface area contributed by atoms with Gasteiger partial charge in [-0.15, -0.1) is 0 Å². The molecule has 0 atom stereocenters. The molecule has 0 saturated carbocycles. The third-order valence-electron chi connectivity index (χ3n) is 3.55. The normalized spacial score (nSPS) is 10.7. The largest absolute Gasteiger partial charge is 0.347 e. The summed E-state index contributed by atoms with van der Waals surface area (Å²) >= 11 is 0. The molecule has 0 spiro atoms. The van der Waals surface area contributed by atoms with Gasteiger partial charge in [-0.05, 0) is 18.6 Å². The van der Waals surface area contributed by atoms with Gasteiger partial charge in [0.05, 0.1) is 10.4 Å². The number of benzene rings is 2. The van der Waals surface area contributed by atoms with Gasteiger partial charge in [0.1, 0.15) is 0 Å². The lowest BCUT2D eigenvalue weighted by Gasteiger charge is -2.04. The number of H-pyrrole nitrogens is 1. The van der Waals surface area contributed by atoms with Crippen molar-refractivity contribution in [1.82, 2.24) is 15.5 Å². The first-order valence-corrected chi connectivity index (χ1v) is 7.01. The predicted octanol–water partition coefficient (Wildman–Crippen LogP) is 2.71. The molecule has 0 unspecified atom stereocenters. The van der Waals surface area contributed by atoms with Gasteiger partial charge in [0.25, 0.3) is 11.6 Å². The summed E-state index contributed by atoms with van der Waals surface area (Å²) in [6.07, 6.45) is 0. The highest BCUT2D eigenvalue weighted by molar-refractivity contribution is 6.05. The minimum atomic E-state index is -0.500. The van der Waals surface area contributed by atoms with Crippen LogP contribution in [-0.2, 0) is 6.54 Å². The number of nitro benzene ring substituents is 1. The second-order valence-electron chi connectivity index (χ2n) is 5.23. The van der Waals surface area contributed by atoms with Gasteiger partial charge >= 0.3 is 0 Å². The molecular formula is C16H14N4O3. The maximum atomic E-state index is 12.3. The van der Waals surface area contributed by atoms with E-state index in [0.29, 0.717) is 17.4 Å². The lowest BCUT2D eigenvalue weighted by Crippen LogP contribution is -2.23. The second kappa shape index (κ2) is 5.88. The standard InChI is InChI=1S/C16H14N4O3/c1-10-2-4-11(5-3-10)9-17-16(21)15-13-8-12(20(22)23)6-7-14(13)18-19-15/h2-8H,9H2,1H3,(H,17,21)(H,18,19). The van der Waals surface area contributed by atoms with Crippen LogP contribution in [0.25, 0.3) is 10.9 Å². The van der Waals surface area contributed by atoms with Crippen LogP contribution < -0.4 is 5.32 Å². The molecule has 0 aliphatic carbocycles. The van der Waals surface area contributed by atoms with E-state index in [-0.39, 0.29) is 17.3 Å². The Morgan fingerprint density at radius 1 is 1.26 bits per heavy atom. The van der Waals surface area contributed by atoms with Crippen LogP contribution in [0.2, 0.25) is 0 Å². The number of nitro groups is 1. The Hall–Kier alpha value is -3.22. The maximum absolute atomic E-state index is 12.3. The van der Waals surface area contributed by atoms with Crippen molar-refractivity contribution < 1.29 is 9.72 Å². The zero-order valence-electron chi connectivity index (χ0n) is 12.4. The van der Waals surface area contributed by atoms with Crippen molar-refractivity contribution in [1.29, 1.82) is 0 Å². The van der Waals surface area contributed by atoms with Crippen LogP contribution in [0.5, 0.6) is 0 Å². The average Bonchev–Trinajstić information content (AvgIpc) is 2.97. The molecule has 0 aliphatic heterocycles. The number of nitrogens with zero attached hydrogens (tertiary/aromatic N) is 2. The van der Waals surface area contributed by atoms with Crippen molar-refractivity contribution in [3.8, 4) is 0 Å². The van der Waals surface area contributed by atoms with E-state index in [0.717, 1.165) is 11.1 Å². The van der Waals surface area contributed by atoms with Crippen LogP contribution in [0.1, 0.15) is 21.6 Å². The number of carbonyl (C=O) groups excluding carboxylic acids is 1. The van der Waals surface area contributed by atoms with E-state index in [2.05, 4.69) is 15.5 Å². The molecule has 7 heteroatoms. The van der Waals surface area contributed by atoms with Crippen molar-refractivity contribution >= 4 is 22.5 Å². The lowest BCUT2D eigenvalue weighted by atomic mass is 10.1. The Morgan fingerprint density at radius 3 is 2.70 bits per heavy atom. The van der Waals surface area contributed by atoms with Crippen LogP contribution in [0, 0.1) is 17.0 Å². The van der Waals surface area contributed by atoms with Crippen LogP contribution in [0.4, 0.5) is 5.69 Å². The quantitative estimate of drug-likeness (QED) is 0.571. The van der Waals surface area contributed by atoms with Crippen LogP contribution in [0.3, 0.4) is 0 Å². The Bertz CT molecular complexity index is 884. The molecule has 116 valence electrons. The van der Waals surface area contributed by atoms with Gasteiger partial charge in [-0.1, -0.05) is 29.8 Å². The molecule has 1 aromatic heterocycles. The van der Waals surface area contributed by atoms with Crippen LogP contribution in [-0.4, -0.2) is 21.0 Å². The van der Waals surface area contributed by atoms with Crippen LogP contribution >= 0.6 is 0 Å². The number of nitrogens with one attached hydrogen (secondary N) is 2. The molecular weight excluding hydrogens is 296 g/mol. The number of carbonyl (C=O) groups is 1. The fourth-order valence-corrected chi connectivity index (χ4v) is 2.26. The van der Waals surface area contributed by atoms with Gasteiger partial charge in [0.2, 0.25) is 0 Å². The van der Waals surface area contributed by atoms with E-state index >= 15 is 0 Å². The van der Waals surface area contributed by atoms with E-state index < -0.39 is 4.92 Å². The molecule has 2 N–H and O–H groups in total. The number of hydrogen-bond donors (Lipinski definition) is 2. The lowest BCUT2D eigenvalue weighted by molar-refractivity contribution is -0.384. The van der Waals surface area contributed by atoms with E-state index in [1.165, 1.54) is 18.2 Å². The van der Waals surface area contributed by atoms with E-state index in [1.54, 1.807) is 0 Å². The molecule has 1 heterocycles. The van der Waals surface area contributed by atoms with Crippen molar-refractivity contribution in [2.75, 3.05) is 0 Å². The van der Waals surface area contributed by atoms with Gasteiger partial charge in [0.15, 0.2) is 5.69 Å². The van der Waals surface area contributed by atoms with E-state index in [9.17, 15) is 14.9 Å². The number of aromatic amines is 1. The number of fused-ring (bicyclic) bond motifs is 1. The van der Waals surface area contributed by atoms with Crippen LogP contribution in [0.15, 0.2) is 42.5 Å². The molecule has 1 amide bonds. The number of aromatic nitrogens is 2. The molecule has 0 saturated heterocycles. The van der Waals surface area contributed by atoms with Gasteiger partial charge in [-0.25, -0.2) is 0 Å². The summed E-state index contributed by atoms with van der Waals surface area (Å²) in [6.45, 7) is 2.35. The fraction of sp³-hybridized carbons (Fsp3) is 0.125. The fourth-order valence-electron chi connectivity index (χ4n) is 2.26. The predicted molar refractivity (Wildman–Crippen MR) is 85.1 cm³/mol. The topological polar surface area (TPSA) is 101 Å². The summed E-state index contributed by atoms with van der Waals surface area (Å²) in [5.74, 6) is -0.377. The molecule has 23 heavy (non-hydrogen) atoms. The summed E-state index contributed by atoms with van der Waals surface area (Å²) in [4.78, 5) is 22.6. The van der Waals surface area contributed by atoms with Gasteiger partial charge < -0.3 is 5.32 Å². The molecule has 0 radical (unpaired) electrons. The maximum Gasteiger partial charge on any atom is 0.272 e. The zero-order valence-corrected chi connectivity index (χ0v) is 12.4. The summed E-state index contributed by atoms with van der Waals surface area (Å²) in [7, 11) is 0. The molecule has 0 bridgehead atoms. The van der Waals surface area contributed by atoms with Gasteiger partial charge in [-0.3, -0.25) is 20.0 Å². The van der Waals surface area contributed by atoms with E-state index in [1.807, 2.05) is 31.2 Å². The van der Waals surface area contributed by atoms with Crippen molar-refractivity contribution in [3.05, 3.63) is 69.4 Å². The Morgan fingerprint density at radius 2 is 2.00 bits per heavy atom. The monoisotopic (exact) mass is 310 g/mol. The summed E-state index contributed by atoms with van der Waals surface area (Å²) < 4.78 is 0. The summed E-state index contributed by atoms with van der Waals surface area (Å²) in [6, 6.07) is 12.1. The number of hydrogen-bond acceptors (Lipinski definition) is 4. The molecule has 3 aromatic rings. The Balaban J connectivity index is 1.81. The van der Waals surface area contributed by atoms with Crippen molar-refractivity contribution in [3.63, 3.8) is 0 Å². The highest BCUT2D eigenvalue weighted by Gasteiger charge is 2.17. The van der Waals surface area contributed by atoms with Gasteiger partial charge in [-0.2, -0.15) is 5.10 Å². The van der Waals surface area contributed by atoms with Crippen molar-refractivity contribution in [2.24, 2.45) is 0 Å². The van der Waals surface area contributed by atoms with Gasteiger partial charge in [0, 0.05) is 24.1 Å². The highest BCUT2D eigenvalue weighted by Crippen LogP contribution is 2.22. The van der Waals surface area contributed by atoms with Crippen molar-refractivity contribution in [2.45, 2.75) is 13.5 Å². The molecule has 3 rings (SSSR count). The first-order chi connectivity index (χ1) is 11.0. The number of rotatable bonds is 4. The third kappa shape index (κ3) is 3.03. The summed E-state index contributed by atoms with van der Waals surface area (Å²) in [5, 5.41) is 20.7. The van der Waals surface area contributed by atoms with E-state index in [4.69, 9.17) is 0 Å². The zero-order chi connectivity index (χ0) is 16.4. The number of non-ortho nitro benzene ring substituents is 1. The molecule has 0 aliphatic rings. The first-order valence-electron chi connectivity index (χ1n) is 7.01. The third-order valence-corrected chi connectivity index (χ3v) is 3.55. The highest BCUT2D eigenvalue weighted by atomic mass is 16.6. The minimum Gasteiger partial charge on any atom is -0.347 e. The Kier molecular flexibility index (Phi) is 3.76. The SMILES string of the molecule is Cc1ccc(CNC(=O)c2n[nH]c3ccc([N+](=O)[O-])cc23)cc1. The first kappa shape index (κ1) is 14.7. The molecule has 2 aromatic carbocycles. The average molecular weight is 310 g/mol. The minimum absolute atomic E-state index is 0.0773.